The molecule has 3 fully saturated rings. The van der Waals surface area contributed by atoms with Gasteiger partial charge in [-0.15, -0.1) is 0 Å². The first-order chi connectivity index (χ1) is 18.2. The molecule has 0 saturated carbocycles. The molecule has 10 nitrogen and oxygen atoms in total. The summed E-state index contributed by atoms with van der Waals surface area (Å²) in [7, 11) is 0. The first-order valence-electron chi connectivity index (χ1n) is 11.9. The number of carbonyl (C=O) groups excluding carboxylic acids is 1. The van der Waals surface area contributed by atoms with E-state index in [1.807, 2.05) is 12.1 Å². The van der Waals surface area contributed by atoms with Crippen LogP contribution in [0.1, 0.15) is 25.7 Å². The van der Waals surface area contributed by atoms with Gasteiger partial charge in [-0.2, -0.15) is 26.3 Å². The number of hydrogen-bond acceptors (Lipinski definition) is 7. The molecule has 3 N–H and O–H groups in total. The zero-order valence-corrected chi connectivity index (χ0v) is 20.6. The van der Waals surface area contributed by atoms with E-state index in [1.165, 1.54) is 12.8 Å². The quantitative estimate of drug-likeness (QED) is 0.464. The predicted octanol–water partition coefficient (Wildman–Crippen LogP) is 3.19. The first-order valence-corrected chi connectivity index (χ1v) is 11.9. The van der Waals surface area contributed by atoms with Gasteiger partial charge >= 0.3 is 24.3 Å². The van der Waals surface area contributed by atoms with Crippen molar-refractivity contribution >= 4 is 23.5 Å². The third-order valence-corrected chi connectivity index (χ3v) is 6.20. The molecule has 4 rings (SSSR count). The number of carbonyl (C=O) groups is 3. The van der Waals surface area contributed by atoms with Crippen molar-refractivity contribution in [2.45, 2.75) is 50.2 Å². The number of rotatable bonds is 4. The second kappa shape index (κ2) is 14.4. The second-order valence-electron chi connectivity index (χ2n) is 9.10. The maximum absolute atomic E-state index is 12.5. The van der Waals surface area contributed by atoms with Crippen molar-refractivity contribution in [3.63, 3.8) is 0 Å². The molecule has 3 aliphatic rings. The van der Waals surface area contributed by atoms with E-state index in [9.17, 15) is 31.1 Å². The van der Waals surface area contributed by atoms with Crippen LogP contribution in [0.4, 0.5) is 32.0 Å². The molecule has 1 amide bonds. The van der Waals surface area contributed by atoms with Gasteiger partial charge in [-0.1, -0.05) is 0 Å². The molecule has 39 heavy (non-hydrogen) atoms. The highest BCUT2D eigenvalue weighted by Gasteiger charge is 2.42. The predicted molar refractivity (Wildman–Crippen MR) is 122 cm³/mol. The molecule has 220 valence electrons. The molecule has 0 radical (unpaired) electrons. The number of pyridine rings is 1. The van der Waals surface area contributed by atoms with Crippen molar-refractivity contribution in [3.05, 3.63) is 24.5 Å². The normalized spacial score (nSPS) is 23.8. The van der Waals surface area contributed by atoms with Crippen molar-refractivity contribution in [2.75, 3.05) is 38.2 Å². The third kappa shape index (κ3) is 11.3. The van der Waals surface area contributed by atoms with Crippen molar-refractivity contribution < 1.29 is 60.4 Å². The highest BCUT2D eigenvalue weighted by atomic mass is 19.4. The number of likely N-dealkylation sites (tertiary alicyclic amines) is 1. The maximum atomic E-state index is 12.5. The Balaban J connectivity index is 0.000000317. The van der Waals surface area contributed by atoms with Gasteiger partial charge in [0, 0.05) is 32.5 Å². The summed E-state index contributed by atoms with van der Waals surface area (Å²) >= 11 is 0. The summed E-state index contributed by atoms with van der Waals surface area (Å²) in [6, 6.07) is 3.67. The number of carboxylic acid groups (broad SMARTS) is 2. The standard InChI is InChI=1S/C19H27N3O3.2C2HF3O2/c23-19(21-16-2-1-6-20-11-16)17-10-15-3-7-22(13-18(15)25-17)12-14-4-8-24-9-5-14;2*3-2(4,5)1(6)7/h1-2,6,11,14-15,17-18H,3-5,7-10,12-13H2,(H,21,23);2*(H,6,7)/t15-,17+,18-;;/m0../s1. The van der Waals surface area contributed by atoms with E-state index in [1.54, 1.807) is 12.4 Å². The Hall–Kier alpha value is -2.98. The minimum absolute atomic E-state index is 0.0432. The van der Waals surface area contributed by atoms with Gasteiger partial charge in [0.15, 0.2) is 0 Å². The van der Waals surface area contributed by atoms with Crippen LogP contribution in [0.2, 0.25) is 0 Å². The lowest BCUT2D eigenvalue weighted by Gasteiger charge is -2.36. The van der Waals surface area contributed by atoms with E-state index in [0.29, 0.717) is 5.92 Å². The van der Waals surface area contributed by atoms with Crippen LogP contribution in [0.3, 0.4) is 0 Å². The molecule has 0 bridgehead atoms. The Kier molecular flexibility index (Phi) is 11.9. The molecule has 3 aliphatic heterocycles. The highest BCUT2D eigenvalue weighted by Crippen LogP contribution is 2.34. The second-order valence-corrected chi connectivity index (χ2v) is 9.10. The van der Waals surface area contributed by atoms with Crippen molar-refractivity contribution in [2.24, 2.45) is 11.8 Å². The van der Waals surface area contributed by atoms with E-state index >= 15 is 0 Å². The van der Waals surface area contributed by atoms with Gasteiger partial charge in [0.1, 0.15) is 6.10 Å². The summed E-state index contributed by atoms with van der Waals surface area (Å²) in [5.41, 5.74) is 0.729. The van der Waals surface area contributed by atoms with E-state index in [2.05, 4.69) is 15.2 Å². The number of nitrogens with one attached hydrogen (secondary N) is 1. The van der Waals surface area contributed by atoms with Gasteiger partial charge in [0.25, 0.3) is 5.91 Å². The minimum Gasteiger partial charge on any atom is -0.475 e. The van der Waals surface area contributed by atoms with Crippen LogP contribution in [0.25, 0.3) is 0 Å². The van der Waals surface area contributed by atoms with Gasteiger partial charge in [0.2, 0.25) is 0 Å². The Morgan fingerprint density at radius 3 is 2.13 bits per heavy atom. The smallest absolute Gasteiger partial charge is 0.475 e. The molecule has 4 heterocycles. The molecule has 3 atom stereocenters. The Labute approximate surface area is 219 Å². The summed E-state index contributed by atoms with van der Waals surface area (Å²) < 4.78 is 75.0. The topological polar surface area (TPSA) is 138 Å². The zero-order chi connectivity index (χ0) is 29.2. The van der Waals surface area contributed by atoms with E-state index in [0.717, 1.165) is 57.3 Å². The highest BCUT2D eigenvalue weighted by molar-refractivity contribution is 5.94. The number of piperidine rings is 1. The number of carboxylic acids is 2. The molecule has 0 unspecified atom stereocenters. The van der Waals surface area contributed by atoms with Gasteiger partial charge in [-0.3, -0.25) is 9.78 Å². The first kappa shape index (κ1) is 32.2. The van der Waals surface area contributed by atoms with Gasteiger partial charge < -0.3 is 29.9 Å². The molecule has 1 aromatic heterocycles. The van der Waals surface area contributed by atoms with Gasteiger partial charge in [-0.25, -0.2) is 9.59 Å². The number of amides is 1. The minimum atomic E-state index is -5.08. The summed E-state index contributed by atoms with van der Waals surface area (Å²) in [5.74, 6) is -4.30. The Morgan fingerprint density at radius 1 is 1.03 bits per heavy atom. The maximum Gasteiger partial charge on any atom is 0.490 e. The Morgan fingerprint density at radius 2 is 1.62 bits per heavy atom. The van der Waals surface area contributed by atoms with Gasteiger partial charge in [0.05, 0.1) is 18.0 Å². The molecule has 1 aromatic rings. The average Bonchev–Trinajstić information content (AvgIpc) is 3.29. The number of anilines is 1. The monoisotopic (exact) mass is 573 g/mol. The van der Waals surface area contributed by atoms with E-state index < -0.39 is 24.3 Å². The van der Waals surface area contributed by atoms with Crippen molar-refractivity contribution in [3.8, 4) is 0 Å². The fraction of sp³-hybridized carbons (Fsp3) is 0.652. The fourth-order valence-corrected chi connectivity index (χ4v) is 4.28. The van der Waals surface area contributed by atoms with E-state index in [4.69, 9.17) is 29.3 Å². The molecule has 3 saturated heterocycles. The lowest BCUT2D eigenvalue weighted by atomic mass is 9.90. The molecule has 16 heteroatoms. The number of aliphatic carboxylic acids is 2. The number of fused-ring (bicyclic) bond motifs is 1. The van der Waals surface area contributed by atoms with Crippen LogP contribution < -0.4 is 5.32 Å². The fourth-order valence-electron chi connectivity index (χ4n) is 4.28. The van der Waals surface area contributed by atoms with Crippen LogP contribution in [-0.2, 0) is 23.9 Å². The number of halogens is 6. The lowest BCUT2D eigenvalue weighted by Crippen LogP contribution is -2.45. The molecular weight excluding hydrogens is 544 g/mol. The average molecular weight is 573 g/mol. The number of aromatic nitrogens is 1. The van der Waals surface area contributed by atoms with E-state index in [-0.39, 0.29) is 18.1 Å². The number of ether oxygens (including phenoxy) is 2. The number of hydrogen-bond donors (Lipinski definition) is 3. The molecule has 0 aromatic carbocycles. The van der Waals surface area contributed by atoms with Crippen molar-refractivity contribution in [1.29, 1.82) is 0 Å². The van der Waals surface area contributed by atoms with Crippen LogP contribution in [0, 0.1) is 11.8 Å². The number of nitrogens with zero attached hydrogens (tertiary/aromatic N) is 2. The molecule has 0 spiro atoms. The van der Waals surface area contributed by atoms with Crippen LogP contribution in [0.15, 0.2) is 24.5 Å². The van der Waals surface area contributed by atoms with Crippen LogP contribution >= 0.6 is 0 Å². The number of alkyl halides is 6. The molecule has 0 aliphatic carbocycles. The summed E-state index contributed by atoms with van der Waals surface area (Å²) in [6.45, 7) is 5.02. The summed E-state index contributed by atoms with van der Waals surface area (Å²) in [4.78, 5) is 36.8. The SMILES string of the molecule is O=C(Nc1cccnc1)[C@H]1C[C@@H]2CCN(CC3CCOCC3)C[C@@H]2O1.O=C(O)C(F)(F)F.O=C(O)C(F)(F)F. The van der Waals surface area contributed by atoms with Crippen LogP contribution in [0.5, 0.6) is 0 Å². The summed E-state index contributed by atoms with van der Waals surface area (Å²) in [6.07, 6.45) is -2.65. The van der Waals surface area contributed by atoms with Crippen LogP contribution in [-0.4, -0.2) is 95.4 Å². The largest absolute Gasteiger partial charge is 0.490 e. The lowest BCUT2D eigenvalue weighted by molar-refractivity contribution is -0.193. The van der Waals surface area contributed by atoms with Gasteiger partial charge in [-0.05, 0) is 56.2 Å². The summed E-state index contributed by atoms with van der Waals surface area (Å²) in [5, 5.41) is 17.2. The molecular formula is C23H29F6N3O7. The zero-order valence-electron chi connectivity index (χ0n) is 20.6. The van der Waals surface area contributed by atoms with Crippen molar-refractivity contribution in [1.82, 2.24) is 9.88 Å². The Bertz CT molecular complexity index is 918. The third-order valence-electron chi connectivity index (χ3n) is 6.20.